The number of ether oxygens (including phenoxy) is 1. The Morgan fingerprint density at radius 1 is 1.53 bits per heavy atom. The lowest BCUT2D eigenvalue weighted by Gasteiger charge is -2.25. The molecule has 0 saturated carbocycles. The molecule has 4 nitrogen and oxygen atoms in total. The van der Waals surface area contributed by atoms with Gasteiger partial charge in [0.2, 0.25) is 0 Å². The van der Waals surface area contributed by atoms with E-state index in [0.717, 1.165) is 36.5 Å². The van der Waals surface area contributed by atoms with Crippen molar-refractivity contribution in [3.05, 3.63) is 23.4 Å². The number of nitrogens with one attached hydrogen (secondary N) is 1. The van der Waals surface area contributed by atoms with Gasteiger partial charge in [-0.05, 0) is 30.4 Å². The van der Waals surface area contributed by atoms with Gasteiger partial charge in [0.05, 0.1) is 5.56 Å². The molecule has 0 saturated heterocycles. The van der Waals surface area contributed by atoms with Crippen LogP contribution in [0.1, 0.15) is 31.4 Å². The minimum Gasteiger partial charge on any atom is -0.389 e. The maximum absolute atomic E-state index is 5.77. The van der Waals surface area contributed by atoms with Gasteiger partial charge in [0.25, 0.3) is 0 Å². The second-order valence-corrected chi connectivity index (χ2v) is 5.92. The second-order valence-electron chi connectivity index (χ2n) is 5.48. The predicted molar refractivity (Wildman–Crippen MR) is 83.6 cm³/mol. The van der Waals surface area contributed by atoms with Crippen molar-refractivity contribution in [2.45, 2.75) is 27.2 Å². The summed E-state index contributed by atoms with van der Waals surface area (Å²) in [5.41, 5.74) is 7.76. The molecule has 5 heteroatoms. The Labute approximate surface area is 120 Å². The molecule has 0 radical (unpaired) electrons. The van der Waals surface area contributed by atoms with Crippen LogP contribution in [0.15, 0.2) is 12.3 Å². The maximum Gasteiger partial charge on any atom is 0.136 e. The van der Waals surface area contributed by atoms with E-state index in [2.05, 4.69) is 24.1 Å². The summed E-state index contributed by atoms with van der Waals surface area (Å²) in [5.74, 6) is 0.762. The lowest BCUT2D eigenvalue weighted by Crippen LogP contribution is -2.26. The zero-order valence-electron chi connectivity index (χ0n) is 12.1. The van der Waals surface area contributed by atoms with Crippen molar-refractivity contribution in [1.82, 2.24) is 4.98 Å². The molecule has 0 bridgehead atoms. The molecule has 0 atom stereocenters. The van der Waals surface area contributed by atoms with E-state index >= 15 is 0 Å². The molecule has 0 unspecified atom stereocenters. The van der Waals surface area contributed by atoms with Gasteiger partial charge in [0, 0.05) is 26.5 Å². The van der Waals surface area contributed by atoms with Gasteiger partial charge in [0.1, 0.15) is 10.8 Å². The van der Waals surface area contributed by atoms with Crippen molar-refractivity contribution in [3.8, 4) is 0 Å². The predicted octanol–water partition coefficient (Wildman–Crippen LogP) is 2.50. The number of thiocarbonyl (C=S) groups is 1. The van der Waals surface area contributed by atoms with Crippen LogP contribution < -0.4 is 11.1 Å². The molecule has 0 aliphatic heterocycles. The molecule has 106 valence electrons. The van der Waals surface area contributed by atoms with E-state index in [-0.39, 0.29) is 5.41 Å². The number of pyridine rings is 1. The average Bonchev–Trinajstić information content (AvgIpc) is 2.33. The number of methoxy groups -OCH3 is 1. The van der Waals surface area contributed by atoms with Gasteiger partial charge in [-0.2, -0.15) is 0 Å². The highest BCUT2D eigenvalue weighted by molar-refractivity contribution is 7.80. The third-order valence-electron chi connectivity index (χ3n) is 3.12. The van der Waals surface area contributed by atoms with Crippen LogP contribution in [0.4, 0.5) is 5.82 Å². The Bertz CT molecular complexity index is 446. The fraction of sp³-hybridized carbons (Fsp3) is 0.571. The summed E-state index contributed by atoms with van der Waals surface area (Å²) >= 11 is 5.09. The number of aryl methyl sites for hydroxylation is 1. The Morgan fingerprint density at radius 3 is 2.79 bits per heavy atom. The molecule has 0 aliphatic carbocycles. The van der Waals surface area contributed by atoms with Gasteiger partial charge in [0.15, 0.2) is 0 Å². The fourth-order valence-corrected chi connectivity index (χ4v) is 2.05. The number of hydrogen-bond acceptors (Lipinski definition) is 4. The first-order chi connectivity index (χ1) is 8.87. The number of rotatable bonds is 7. The largest absolute Gasteiger partial charge is 0.389 e. The van der Waals surface area contributed by atoms with Gasteiger partial charge in [-0.3, -0.25) is 0 Å². The Balaban J connectivity index is 2.78. The molecule has 0 aliphatic rings. The topological polar surface area (TPSA) is 60.2 Å². The molecular formula is C14H23N3OS. The highest BCUT2D eigenvalue weighted by atomic mass is 32.1. The molecule has 0 amide bonds. The molecule has 3 N–H and O–H groups in total. The number of nitrogens with two attached hydrogens (primary N) is 1. The molecule has 0 aromatic carbocycles. The number of hydrogen-bond donors (Lipinski definition) is 2. The van der Waals surface area contributed by atoms with E-state index in [1.165, 1.54) is 0 Å². The van der Waals surface area contributed by atoms with E-state index in [4.69, 9.17) is 22.7 Å². The van der Waals surface area contributed by atoms with Crippen LogP contribution in [0.25, 0.3) is 0 Å². The van der Waals surface area contributed by atoms with Crippen LogP contribution in [-0.4, -0.2) is 30.2 Å². The van der Waals surface area contributed by atoms with Crippen LogP contribution in [0, 0.1) is 12.3 Å². The summed E-state index contributed by atoms with van der Waals surface area (Å²) in [5, 5.41) is 3.35. The van der Waals surface area contributed by atoms with Crippen molar-refractivity contribution < 1.29 is 4.74 Å². The molecule has 1 heterocycles. The molecule has 0 fully saturated rings. The first-order valence-corrected chi connectivity index (χ1v) is 6.76. The number of nitrogens with zero attached hydrogens (tertiary/aromatic N) is 1. The lowest BCUT2D eigenvalue weighted by atomic mass is 9.89. The van der Waals surface area contributed by atoms with Gasteiger partial charge >= 0.3 is 0 Å². The maximum atomic E-state index is 5.77. The van der Waals surface area contributed by atoms with Crippen LogP contribution in [-0.2, 0) is 4.74 Å². The van der Waals surface area contributed by atoms with Gasteiger partial charge in [-0.1, -0.05) is 26.1 Å². The third kappa shape index (κ3) is 4.76. The van der Waals surface area contributed by atoms with E-state index in [0.29, 0.717) is 4.99 Å². The van der Waals surface area contributed by atoms with Gasteiger partial charge in [-0.15, -0.1) is 0 Å². The molecule has 0 spiro atoms. The zero-order valence-corrected chi connectivity index (χ0v) is 12.9. The fourth-order valence-electron chi connectivity index (χ4n) is 1.79. The summed E-state index contributed by atoms with van der Waals surface area (Å²) in [6.45, 7) is 7.91. The van der Waals surface area contributed by atoms with E-state index in [1.54, 1.807) is 13.3 Å². The van der Waals surface area contributed by atoms with Crippen molar-refractivity contribution in [2.24, 2.45) is 11.1 Å². The van der Waals surface area contributed by atoms with E-state index in [1.807, 2.05) is 13.0 Å². The Morgan fingerprint density at radius 2 is 2.21 bits per heavy atom. The Hall–Kier alpha value is -1.20. The van der Waals surface area contributed by atoms with Gasteiger partial charge in [-0.25, -0.2) is 4.98 Å². The molecule has 1 rings (SSSR count). The smallest absolute Gasteiger partial charge is 0.136 e. The standard InChI is InChI=1S/C14H23N3OS/c1-10-5-7-16-13(11(10)12(15)19)17-9-14(2,3)6-8-18-4/h5,7H,6,8-9H2,1-4H3,(H2,15,19)(H,16,17). The summed E-state index contributed by atoms with van der Waals surface area (Å²) in [4.78, 5) is 4.71. The number of anilines is 1. The first-order valence-electron chi connectivity index (χ1n) is 6.35. The van der Waals surface area contributed by atoms with Gasteiger partial charge < -0.3 is 15.8 Å². The summed E-state index contributed by atoms with van der Waals surface area (Å²) in [6.07, 6.45) is 2.74. The quantitative estimate of drug-likeness (QED) is 0.752. The summed E-state index contributed by atoms with van der Waals surface area (Å²) < 4.78 is 5.13. The lowest BCUT2D eigenvalue weighted by molar-refractivity contribution is 0.157. The molecule has 1 aromatic heterocycles. The highest BCUT2D eigenvalue weighted by Gasteiger charge is 2.19. The molecule has 1 aromatic rings. The van der Waals surface area contributed by atoms with Crippen LogP contribution in [0.2, 0.25) is 0 Å². The highest BCUT2D eigenvalue weighted by Crippen LogP contribution is 2.23. The SMILES string of the molecule is COCCC(C)(C)CNc1nccc(C)c1C(N)=S. The average molecular weight is 281 g/mol. The minimum absolute atomic E-state index is 0.120. The van der Waals surface area contributed by atoms with Crippen molar-refractivity contribution in [3.63, 3.8) is 0 Å². The zero-order chi connectivity index (χ0) is 14.5. The minimum atomic E-state index is 0.120. The summed E-state index contributed by atoms with van der Waals surface area (Å²) in [7, 11) is 1.72. The van der Waals surface area contributed by atoms with Crippen LogP contribution in [0.3, 0.4) is 0 Å². The van der Waals surface area contributed by atoms with E-state index in [9.17, 15) is 0 Å². The van der Waals surface area contributed by atoms with Crippen LogP contribution >= 0.6 is 12.2 Å². The second kappa shape index (κ2) is 6.82. The van der Waals surface area contributed by atoms with Crippen molar-refractivity contribution in [2.75, 3.05) is 25.6 Å². The number of aromatic nitrogens is 1. The molecular weight excluding hydrogens is 258 g/mol. The van der Waals surface area contributed by atoms with E-state index < -0.39 is 0 Å². The Kier molecular flexibility index (Phi) is 5.69. The summed E-state index contributed by atoms with van der Waals surface area (Å²) in [6, 6.07) is 1.91. The molecule has 19 heavy (non-hydrogen) atoms. The monoisotopic (exact) mass is 281 g/mol. The van der Waals surface area contributed by atoms with Crippen LogP contribution in [0.5, 0.6) is 0 Å². The van der Waals surface area contributed by atoms with Crippen molar-refractivity contribution in [1.29, 1.82) is 0 Å². The third-order valence-corrected chi connectivity index (χ3v) is 3.33. The van der Waals surface area contributed by atoms with Crippen molar-refractivity contribution >= 4 is 23.0 Å². The normalized spacial score (nSPS) is 11.4. The first kappa shape index (κ1) is 15.9.